The van der Waals surface area contributed by atoms with E-state index < -0.39 is 36.4 Å². The maximum absolute atomic E-state index is 14.4. The number of hydrazine groups is 1. The highest BCUT2D eigenvalue weighted by molar-refractivity contribution is 9.11. The van der Waals surface area contributed by atoms with Crippen LogP contribution in [0.25, 0.3) is 0 Å². The van der Waals surface area contributed by atoms with Gasteiger partial charge in [0.1, 0.15) is 6.04 Å². The molecule has 4 unspecified atom stereocenters. The van der Waals surface area contributed by atoms with Crippen molar-refractivity contribution < 1.29 is 29.4 Å². The molecule has 0 aliphatic heterocycles. The average Bonchev–Trinajstić information content (AvgIpc) is 3.48. The number of halogens is 2. The van der Waals surface area contributed by atoms with Gasteiger partial charge in [-0.2, -0.15) is 0 Å². The number of allylic oxidation sites excluding steroid dienone is 2. The van der Waals surface area contributed by atoms with Crippen LogP contribution in [0, 0.1) is 0 Å². The summed E-state index contributed by atoms with van der Waals surface area (Å²) in [5.74, 6) is -0.190. The van der Waals surface area contributed by atoms with Crippen molar-refractivity contribution in [1.29, 1.82) is 0 Å². The van der Waals surface area contributed by atoms with Gasteiger partial charge in [0.15, 0.2) is 11.6 Å². The maximum atomic E-state index is 14.4. The standard InChI is InChI=1S/C32H28Br2N4O6/c33-23-5-1-3-7-25(23)35-31(43)38(30-22-12-10-20(40)14-18(22)16-28(30)42)36-32(44)37(26-8-4-2-6-24(26)34)29-21-11-9-19(39)13-17(21)15-27(29)41/h1-12,27-30,41-42H,13-16H2,(H,35,43)(H,36,44). The summed E-state index contributed by atoms with van der Waals surface area (Å²) in [4.78, 5) is 54.1. The fourth-order valence-corrected chi connectivity index (χ4v) is 7.14. The van der Waals surface area contributed by atoms with Crippen LogP contribution in [-0.2, 0) is 9.59 Å². The highest BCUT2D eigenvalue weighted by atomic mass is 79.9. The lowest BCUT2D eigenvalue weighted by molar-refractivity contribution is -0.115. The van der Waals surface area contributed by atoms with Crippen molar-refractivity contribution in [1.82, 2.24) is 10.4 Å². The quantitative estimate of drug-likeness (QED) is 0.324. The Balaban J connectivity index is 1.40. The van der Waals surface area contributed by atoms with E-state index in [1.807, 2.05) is 0 Å². The largest absolute Gasteiger partial charge is 0.390 e. The van der Waals surface area contributed by atoms with Gasteiger partial charge in [0.2, 0.25) is 0 Å². The van der Waals surface area contributed by atoms with Gasteiger partial charge in [-0.25, -0.2) is 20.0 Å². The van der Waals surface area contributed by atoms with Crippen LogP contribution in [-0.4, -0.2) is 63.1 Å². The lowest BCUT2D eigenvalue weighted by Gasteiger charge is -2.38. The molecule has 0 heterocycles. The van der Waals surface area contributed by atoms with E-state index in [1.54, 1.807) is 60.7 Å². The number of para-hydroxylation sites is 2. The van der Waals surface area contributed by atoms with E-state index in [2.05, 4.69) is 42.6 Å². The number of rotatable bonds is 4. The fraction of sp³-hybridized carbons (Fsp3) is 0.250. The van der Waals surface area contributed by atoms with Crippen molar-refractivity contribution in [2.45, 2.75) is 50.0 Å². The van der Waals surface area contributed by atoms with E-state index in [9.17, 15) is 29.4 Å². The molecule has 0 fully saturated rings. The second-order valence-corrected chi connectivity index (χ2v) is 12.7. The van der Waals surface area contributed by atoms with Crippen LogP contribution in [0.1, 0.15) is 25.7 Å². The minimum atomic E-state index is -1.10. The van der Waals surface area contributed by atoms with Crippen molar-refractivity contribution in [2.75, 3.05) is 10.2 Å². The molecule has 0 aromatic heterocycles. The number of anilines is 2. The van der Waals surface area contributed by atoms with Crippen molar-refractivity contribution in [2.24, 2.45) is 0 Å². The number of carbonyl (C=O) groups excluding carboxylic acids is 4. The Bertz CT molecular complexity index is 1700. The smallest absolute Gasteiger partial charge is 0.341 e. The van der Waals surface area contributed by atoms with Crippen molar-refractivity contribution in [3.63, 3.8) is 0 Å². The van der Waals surface area contributed by atoms with Crippen LogP contribution in [0.15, 0.2) is 104 Å². The molecule has 4 N–H and O–H groups in total. The molecule has 4 aliphatic carbocycles. The third-order valence-corrected chi connectivity index (χ3v) is 9.57. The number of urea groups is 2. The molecule has 0 bridgehead atoms. The van der Waals surface area contributed by atoms with Crippen molar-refractivity contribution >= 4 is 66.9 Å². The summed E-state index contributed by atoms with van der Waals surface area (Å²) in [6, 6.07) is 10.6. The first-order chi connectivity index (χ1) is 21.1. The monoisotopic (exact) mass is 722 g/mol. The zero-order valence-electron chi connectivity index (χ0n) is 23.2. The Kier molecular flexibility index (Phi) is 8.42. The molecule has 0 saturated heterocycles. The molecule has 0 saturated carbocycles. The number of hydrogen-bond donors (Lipinski definition) is 4. The van der Waals surface area contributed by atoms with Gasteiger partial charge in [-0.05, 0) is 92.3 Å². The van der Waals surface area contributed by atoms with Crippen LogP contribution in [0.2, 0.25) is 0 Å². The predicted molar refractivity (Wildman–Crippen MR) is 171 cm³/mol. The van der Waals surface area contributed by atoms with E-state index in [-0.39, 0.29) is 37.2 Å². The number of nitrogens with zero attached hydrogens (tertiary/aromatic N) is 2. The van der Waals surface area contributed by atoms with Crippen molar-refractivity contribution in [3.05, 3.63) is 104 Å². The van der Waals surface area contributed by atoms with Gasteiger partial charge in [0, 0.05) is 21.8 Å². The second kappa shape index (κ2) is 12.3. The van der Waals surface area contributed by atoms with Crippen LogP contribution in [0.3, 0.4) is 0 Å². The molecule has 4 aliphatic rings. The van der Waals surface area contributed by atoms with Gasteiger partial charge >= 0.3 is 12.1 Å². The normalized spacial score (nSPS) is 23.9. The number of ketones is 2. The third-order valence-electron chi connectivity index (χ3n) is 8.20. The molecule has 12 heteroatoms. The molecule has 10 nitrogen and oxygen atoms in total. The summed E-state index contributed by atoms with van der Waals surface area (Å²) in [5, 5.41) is 26.3. The van der Waals surface area contributed by atoms with Gasteiger partial charge in [-0.3, -0.25) is 14.5 Å². The first-order valence-electron chi connectivity index (χ1n) is 14.0. The van der Waals surface area contributed by atoms with Crippen LogP contribution >= 0.6 is 31.9 Å². The Morgan fingerprint density at radius 2 is 1.27 bits per heavy atom. The van der Waals surface area contributed by atoms with Gasteiger partial charge in [0.05, 0.1) is 29.6 Å². The molecule has 44 heavy (non-hydrogen) atoms. The zero-order chi connectivity index (χ0) is 31.1. The average molecular weight is 724 g/mol. The molecular weight excluding hydrogens is 696 g/mol. The maximum Gasteiger partial charge on any atom is 0.341 e. The summed E-state index contributed by atoms with van der Waals surface area (Å²) in [5.41, 5.74) is 6.28. The Hall–Kier alpha value is -3.84. The van der Waals surface area contributed by atoms with E-state index in [0.717, 1.165) is 10.6 Å². The minimum Gasteiger partial charge on any atom is -0.390 e. The molecule has 4 amide bonds. The molecule has 6 rings (SSSR count). The first-order valence-corrected chi connectivity index (χ1v) is 15.6. The third kappa shape index (κ3) is 5.70. The highest BCUT2D eigenvalue weighted by Crippen LogP contribution is 2.41. The number of nitrogens with one attached hydrogen (secondary N) is 2. The number of benzene rings is 2. The van der Waals surface area contributed by atoms with Crippen LogP contribution in [0.5, 0.6) is 0 Å². The van der Waals surface area contributed by atoms with Gasteiger partial charge in [-0.1, -0.05) is 47.6 Å². The highest BCUT2D eigenvalue weighted by Gasteiger charge is 2.45. The Morgan fingerprint density at radius 1 is 0.727 bits per heavy atom. The predicted octanol–water partition coefficient (Wildman–Crippen LogP) is 5.09. The van der Waals surface area contributed by atoms with Crippen LogP contribution < -0.4 is 15.6 Å². The lowest BCUT2D eigenvalue weighted by Crippen LogP contribution is -2.61. The molecule has 4 atom stereocenters. The van der Waals surface area contributed by atoms with Crippen LogP contribution in [0.4, 0.5) is 21.0 Å². The summed E-state index contributed by atoms with van der Waals surface area (Å²) in [6.07, 6.45) is 4.60. The summed E-state index contributed by atoms with van der Waals surface area (Å²) < 4.78 is 1.17. The van der Waals surface area contributed by atoms with E-state index in [4.69, 9.17) is 0 Å². The molecule has 2 aromatic rings. The topological polar surface area (TPSA) is 139 Å². The summed E-state index contributed by atoms with van der Waals surface area (Å²) >= 11 is 6.95. The molecule has 0 radical (unpaired) electrons. The number of aliphatic hydroxyl groups excluding tert-OH is 2. The minimum absolute atomic E-state index is 0.0817. The van der Waals surface area contributed by atoms with E-state index >= 15 is 0 Å². The summed E-state index contributed by atoms with van der Waals surface area (Å²) in [6.45, 7) is 0. The second-order valence-electron chi connectivity index (χ2n) is 11.0. The van der Waals surface area contributed by atoms with Crippen molar-refractivity contribution in [3.8, 4) is 0 Å². The van der Waals surface area contributed by atoms with E-state index in [1.165, 1.54) is 17.1 Å². The molecular formula is C32H28Br2N4O6. The van der Waals surface area contributed by atoms with Gasteiger partial charge in [-0.15, -0.1) is 0 Å². The molecule has 2 aromatic carbocycles. The number of amides is 4. The van der Waals surface area contributed by atoms with Gasteiger partial charge in [0.25, 0.3) is 0 Å². The SMILES string of the molecule is O=C1C=CC2=C(C1)CC(O)C2N(NC(=O)N(c1ccccc1Br)C1C2=C(CC(=O)C=C2)CC1O)C(=O)Nc1ccccc1Br. The number of hydrogen-bond acceptors (Lipinski definition) is 6. The van der Waals surface area contributed by atoms with E-state index in [0.29, 0.717) is 37.0 Å². The Labute approximate surface area is 270 Å². The fourth-order valence-electron chi connectivity index (χ4n) is 6.28. The first kappa shape index (κ1) is 30.2. The molecule has 0 spiro atoms. The van der Waals surface area contributed by atoms with Gasteiger partial charge < -0.3 is 15.5 Å². The number of aliphatic hydroxyl groups is 2. The summed E-state index contributed by atoms with van der Waals surface area (Å²) in [7, 11) is 0. The zero-order valence-corrected chi connectivity index (χ0v) is 26.4. The lowest BCUT2D eigenvalue weighted by atomic mass is 9.97. The Morgan fingerprint density at radius 3 is 1.89 bits per heavy atom. The number of carbonyl (C=O) groups is 4. The molecule has 226 valence electrons.